The lowest BCUT2D eigenvalue weighted by Gasteiger charge is -2.07. The van der Waals surface area contributed by atoms with Gasteiger partial charge in [-0.2, -0.15) is 5.10 Å². The van der Waals surface area contributed by atoms with E-state index in [1.807, 2.05) is 0 Å². The van der Waals surface area contributed by atoms with E-state index in [9.17, 15) is 8.42 Å². The van der Waals surface area contributed by atoms with Crippen LogP contribution in [0.1, 0.15) is 20.8 Å². The molecule has 0 saturated carbocycles. The highest BCUT2D eigenvalue weighted by atomic mass is 32.2. The van der Waals surface area contributed by atoms with E-state index in [0.29, 0.717) is 19.1 Å². The Labute approximate surface area is 102 Å². The minimum absolute atomic E-state index is 0.212. The average molecular weight is 260 g/mol. The van der Waals surface area contributed by atoms with E-state index < -0.39 is 10.0 Å². The Morgan fingerprint density at radius 1 is 1.47 bits per heavy atom. The molecule has 1 aromatic rings. The van der Waals surface area contributed by atoms with Crippen molar-refractivity contribution < 1.29 is 8.42 Å². The van der Waals surface area contributed by atoms with Gasteiger partial charge in [-0.05, 0) is 0 Å². The summed E-state index contributed by atoms with van der Waals surface area (Å²) in [5.41, 5.74) is 0. The Hall–Kier alpha value is -0.920. The first kappa shape index (κ1) is 14.1. The first-order valence-electron chi connectivity index (χ1n) is 5.71. The van der Waals surface area contributed by atoms with Crippen LogP contribution in [0.15, 0.2) is 17.3 Å². The SMILES string of the molecule is CCNS(=O)(=O)c1cnn(CCNC(C)C)c1. The first-order chi connectivity index (χ1) is 7.95. The molecule has 0 unspecified atom stereocenters. The molecule has 98 valence electrons. The maximum atomic E-state index is 11.6. The lowest BCUT2D eigenvalue weighted by atomic mass is 10.4. The van der Waals surface area contributed by atoms with Crippen LogP contribution in [0.5, 0.6) is 0 Å². The van der Waals surface area contributed by atoms with Gasteiger partial charge in [-0.1, -0.05) is 20.8 Å². The largest absolute Gasteiger partial charge is 0.313 e. The average Bonchev–Trinajstić information content (AvgIpc) is 2.66. The van der Waals surface area contributed by atoms with Gasteiger partial charge in [0.05, 0.1) is 12.7 Å². The Bertz CT molecular complexity index is 439. The van der Waals surface area contributed by atoms with Gasteiger partial charge < -0.3 is 5.32 Å². The van der Waals surface area contributed by atoms with E-state index in [0.717, 1.165) is 6.54 Å². The van der Waals surface area contributed by atoms with Crippen molar-refractivity contribution in [3.8, 4) is 0 Å². The summed E-state index contributed by atoms with van der Waals surface area (Å²) in [6.07, 6.45) is 2.91. The zero-order valence-electron chi connectivity index (χ0n) is 10.5. The van der Waals surface area contributed by atoms with Gasteiger partial charge in [0.2, 0.25) is 10.0 Å². The van der Waals surface area contributed by atoms with Gasteiger partial charge in [0.15, 0.2) is 0 Å². The topological polar surface area (TPSA) is 76.0 Å². The van der Waals surface area contributed by atoms with E-state index in [-0.39, 0.29) is 4.90 Å². The monoisotopic (exact) mass is 260 g/mol. The Morgan fingerprint density at radius 2 is 2.18 bits per heavy atom. The van der Waals surface area contributed by atoms with Gasteiger partial charge in [-0.15, -0.1) is 0 Å². The van der Waals surface area contributed by atoms with Crippen molar-refractivity contribution in [2.24, 2.45) is 0 Å². The fourth-order valence-electron chi connectivity index (χ4n) is 1.35. The molecule has 1 aromatic heterocycles. The smallest absolute Gasteiger partial charge is 0.243 e. The van der Waals surface area contributed by atoms with Crippen molar-refractivity contribution in [2.75, 3.05) is 13.1 Å². The second-order valence-electron chi connectivity index (χ2n) is 4.05. The standard InChI is InChI=1S/C10H20N4O2S/c1-4-13-17(15,16)10-7-12-14(8-10)6-5-11-9(2)3/h7-9,11,13H,4-6H2,1-3H3. The minimum Gasteiger partial charge on any atom is -0.313 e. The summed E-state index contributed by atoms with van der Waals surface area (Å²) in [5, 5.41) is 7.26. The van der Waals surface area contributed by atoms with E-state index in [1.165, 1.54) is 6.20 Å². The fraction of sp³-hybridized carbons (Fsp3) is 0.700. The molecule has 6 nitrogen and oxygen atoms in total. The molecule has 0 spiro atoms. The molecule has 0 bridgehead atoms. The lowest BCUT2D eigenvalue weighted by Crippen LogP contribution is -2.26. The van der Waals surface area contributed by atoms with E-state index >= 15 is 0 Å². The summed E-state index contributed by atoms with van der Waals surface area (Å²) in [5.74, 6) is 0. The van der Waals surface area contributed by atoms with Crippen molar-refractivity contribution in [1.82, 2.24) is 19.8 Å². The molecule has 0 aliphatic rings. The number of rotatable bonds is 7. The van der Waals surface area contributed by atoms with Crippen LogP contribution in [-0.2, 0) is 16.6 Å². The second-order valence-corrected chi connectivity index (χ2v) is 5.82. The van der Waals surface area contributed by atoms with Gasteiger partial charge >= 0.3 is 0 Å². The number of hydrogen-bond acceptors (Lipinski definition) is 4. The van der Waals surface area contributed by atoms with Crippen LogP contribution in [-0.4, -0.2) is 37.3 Å². The minimum atomic E-state index is -3.38. The van der Waals surface area contributed by atoms with Gasteiger partial charge in [-0.25, -0.2) is 13.1 Å². The summed E-state index contributed by atoms with van der Waals surface area (Å²) in [6, 6.07) is 0.413. The molecular weight excluding hydrogens is 240 g/mol. The zero-order valence-corrected chi connectivity index (χ0v) is 11.3. The maximum Gasteiger partial charge on any atom is 0.243 e. The third kappa shape index (κ3) is 4.45. The molecule has 1 rings (SSSR count). The highest BCUT2D eigenvalue weighted by Gasteiger charge is 2.14. The summed E-state index contributed by atoms with van der Waals surface area (Å²) < 4.78 is 27.3. The molecule has 0 aliphatic carbocycles. The second kappa shape index (κ2) is 6.13. The molecule has 0 saturated heterocycles. The van der Waals surface area contributed by atoms with Crippen LogP contribution >= 0.6 is 0 Å². The lowest BCUT2D eigenvalue weighted by molar-refractivity contribution is 0.515. The maximum absolute atomic E-state index is 11.6. The predicted molar refractivity (Wildman–Crippen MR) is 66.2 cm³/mol. The molecule has 17 heavy (non-hydrogen) atoms. The van der Waals surface area contributed by atoms with Crippen LogP contribution in [0.4, 0.5) is 0 Å². The first-order valence-corrected chi connectivity index (χ1v) is 7.19. The molecular formula is C10H20N4O2S. The molecule has 7 heteroatoms. The number of aromatic nitrogens is 2. The fourth-order valence-corrected chi connectivity index (χ4v) is 2.34. The van der Waals surface area contributed by atoms with Crippen LogP contribution in [0.25, 0.3) is 0 Å². The third-order valence-electron chi connectivity index (χ3n) is 2.15. The van der Waals surface area contributed by atoms with Crippen molar-refractivity contribution in [1.29, 1.82) is 0 Å². The predicted octanol–water partition coefficient (Wildman–Crippen LogP) is 0.179. The van der Waals surface area contributed by atoms with Gasteiger partial charge in [0.1, 0.15) is 4.90 Å². The van der Waals surface area contributed by atoms with Crippen LogP contribution < -0.4 is 10.0 Å². The van der Waals surface area contributed by atoms with Crippen LogP contribution in [0, 0.1) is 0 Å². The Morgan fingerprint density at radius 3 is 2.76 bits per heavy atom. The molecule has 0 aliphatic heterocycles. The van der Waals surface area contributed by atoms with E-state index in [4.69, 9.17) is 0 Å². The number of nitrogens with one attached hydrogen (secondary N) is 2. The van der Waals surface area contributed by atoms with Gasteiger partial charge in [0.25, 0.3) is 0 Å². The molecule has 0 fully saturated rings. The molecule has 0 amide bonds. The third-order valence-corrected chi connectivity index (χ3v) is 3.65. The van der Waals surface area contributed by atoms with Crippen molar-refractivity contribution in [3.05, 3.63) is 12.4 Å². The highest BCUT2D eigenvalue weighted by Crippen LogP contribution is 2.06. The van der Waals surface area contributed by atoms with E-state index in [2.05, 4.69) is 29.0 Å². The highest BCUT2D eigenvalue weighted by molar-refractivity contribution is 7.89. The molecule has 2 N–H and O–H groups in total. The molecule has 0 atom stereocenters. The van der Waals surface area contributed by atoms with E-state index in [1.54, 1.807) is 17.8 Å². The van der Waals surface area contributed by atoms with Crippen LogP contribution in [0.3, 0.4) is 0 Å². The summed E-state index contributed by atoms with van der Waals surface area (Å²) in [6.45, 7) is 7.66. The van der Waals surface area contributed by atoms with Gasteiger partial charge in [0, 0.05) is 25.3 Å². The molecule has 1 heterocycles. The molecule has 0 radical (unpaired) electrons. The van der Waals surface area contributed by atoms with Crippen molar-refractivity contribution in [2.45, 2.75) is 38.3 Å². The number of hydrogen-bond donors (Lipinski definition) is 2. The normalized spacial score (nSPS) is 12.2. The van der Waals surface area contributed by atoms with Crippen molar-refractivity contribution in [3.63, 3.8) is 0 Å². The van der Waals surface area contributed by atoms with Crippen LogP contribution in [0.2, 0.25) is 0 Å². The Kier molecular flexibility index (Phi) is 5.10. The summed E-state index contributed by atoms with van der Waals surface area (Å²) in [4.78, 5) is 0.212. The quantitative estimate of drug-likeness (QED) is 0.733. The summed E-state index contributed by atoms with van der Waals surface area (Å²) >= 11 is 0. The number of sulfonamides is 1. The van der Waals surface area contributed by atoms with Gasteiger partial charge in [-0.3, -0.25) is 4.68 Å². The van der Waals surface area contributed by atoms with Crippen molar-refractivity contribution >= 4 is 10.0 Å². The number of nitrogens with zero attached hydrogens (tertiary/aromatic N) is 2. The molecule has 0 aromatic carbocycles. The zero-order chi connectivity index (χ0) is 12.9. The summed E-state index contributed by atoms with van der Waals surface area (Å²) in [7, 11) is -3.38. The Balaban J connectivity index is 2.59.